The van der Waals surface area contributed by atoms with Crippen LogP contribution in [0, 0.1) is 6.57 Å². The number of hydrogen-bond donors (Lipinski definition) is 1. The molecule has 1 aromatic heterocycles. The quantitative estimate of drug-likeness (QED) is 0.752. The van der Waals surface area contributed by atoms with Crippen LogP contribution >= 0.6 is 0 Å². The molecule has 0 saturated heterocycles. The minimum absolute atomic E-state index is 0.220. The Morgan fingerprint density at radius 1 is 1.27 bits per heavy atom. The van der Waals surface area contributed by atoms with Gasteiger partial charge in [0.25, 0.3) is 0 Å². The van der Waals surface area contributed by atoms with E-state index in [0.717, 1.165) is 16.6 Å². The van der Waals surface area contributed by atoms with Crippen molar-refractivity contribution in [1.82, 2.24) is 4.98 Å². The second-order valence-corrected chi connectivity index (χ2v) is 3.31. The highest BCUT2D eigenvalue weighted by Gasteiger charge is 2.00. The molecule has 15 heavy (non-hydrogen) atoms. The van der Waals surface area contributed by atoms with Gasteiger partial charge in [0, 0.05) is 17.1 Å². The second kappa shape index (κ2) is 3.97. The molecule has 0 radical (unpaired) electrons. The molecular weight excluding hydrogens is 188 g/mol. The van der Waals surface area contributed by atoms with Crippen molar-refractivity contribution < 1.29 is 5.11 Å². The largest absolute Gasteiger partial charge is 0.508 e. The van der Waals surface area contributed by atoms with Gasteiger partial charge in [0.05, 0.1) is 11.9 Å². The third kappa shape index (κ3) is 2.05. The number of phenols is 1. The SMILES string of the molecule is [C-]#[N+]CCc1ccc2ccc(O)cc2n1. The smallest absolute Gasteiger partial charge is 0.220 e. The van der Waals surface area contributed by atoms with E-state index in [1.54, 1.807) is 12.1 Å². The fourth-order valence-electron chi connectivity index (χ4n) is 1.46. The van der Waals surface area contributed by atoms with Gasteiger partial charge in [-0.25, -0.2) is 6.57 Å². The number of aromatic nitrogens is 1. The number of fused-ring (bicyclic) bond motifs is 1. The normalized spacial score (nSPS) is 10.1. The Labute approximate surface area is 87.8 Å². The maximum absolute atomic E-state index is 9.31. The van der Waals surface area contributed by atoms with Gasteiger partial charge in [0.1, 0.15) is 5.75 Å². The average Bonchev–Trinajstić information content (AvgIpc) is 2.25. The number of hydrogen-bond acceptors (Lipinski definition) is 2. The van der Waals surface area contributed by atoms with E-state index in [1.165, 1.54) is 0 Å². The average molecular weight is 198 g/mol. The molecule has 2 rings (SSSR count). The van der Waals surface area contributed by atoms with Gasteiger partial charge in [-0.05, 0) is 18.2 Å². The summed E-state index contributed by atoms with van der Waals surface area (Å²) in [7, 11) is 0. The fraction of sp³-hybridized carbons (Fsp3) is 0.167. The summed E-state index contributed by atoms with van der Waals surface area (Å²) in [5.74, 6) is 0.220. The number of phenolic OH excluding ortho intramolecular Hbond substituents is 1. The zero-order valence-corrected chi connectivity index (χ0v) is 8.14. The van der Waals surface area contributed by atoms with Crippen LogP contribution in [-0.4, -0.2) is 16.6 Å². The zero-order chi connectivity index (χ0) is 10.7. The monoisotopic (exact) mass is 198 g/mol. The second-order valence-electron chi connectivity index (χ2n) is 3.31. The van der Waals surface area contributed by atoms with Crippen LogP contribution in [0.1, 0.15) is 5.69 Å². The predicted octanol–water partition coefficient (Wildman–Crippen LogP) is 2.40. The molecule has 0 saturated carbocycles. The van der Waals surface area contributed by atoms with Crippen LogP contribution in [0.3, 0.4) is 0 Å². The minimum atomic E-state index is 0.220. The molecule has 0 amide bonds. The Hall–Kier alpha value is -2.08. The number of benzene rings is 1. The number of nitrogens with zero attached hydrogens (tertiary/aromatic N) is 2. The first kappa shape index (κ1) is 9.47. The topological polar surface area (TPSA) is 37.5 Å². The van der Waals surface area contributed by atoms with E-state index in [4.69, 9.17) is 6.57 Å². The van der Waals surface area contributed by atoms with E-state index in [1.807, 2.05) is 18.2 Å². The van der Waals surface area contributed by atoms with Gasteiger partial charge in [-0.2, -0.15) is 0 Å². The van der Waals surface area contributed by atoms with E-state index in [9.17, 15) is 5.11 Å². The van der Waals surface area contributed by atoms with Crippen molar-refractivity contribution in [3.63, 3.8) is 0 Å². The van der Waals surface area contributed by atoms with Crippen molar-refractivity contribution in [2.75, 3.05) is 6.54 Å². The third-order valence-electron chi connectivity index (χ3n) is 2.21. The summed E-state index contributed by atoms with van der Waals surface area (Å²) in [6.45, 7) is 7.16. The fourth-order valence-corrected chi connectivity index (χ4v) is 1.46. The molecular formula is C12H10N2O. The molecule has 0 aliphatic heterocycles. The van der Waals surface area contributed by atoms with Crippen LogP contribution in [0.25, 0.3) is 15.7 Å². The summed E-state index contributed by atoms with van der Waals surface area (Å²) >= 11 is 0. The highest BCUT2D eigenvalue weighted by atomic mass is 16.3. The van der Waals surface area contributed by atoms with Crippen molar-refractivity contribution in [2.24, 2.45) is 0 Å². The van der Waals surface area contributed by atoms with Crippen molar-refractivity contribution >= 4 is 10.9 Å². The first-order valence-corrected chi connectivity index (χ1v) is 4.71. The lowest BCUT2D eigenvalue weighted by Gasteiger charge is -2.00. The van der Waals surface area contributed by atoms with Crippen molar-refractivity contribution in [2.45, 2.75) is 6.42 Å². The predicted molar refractivity (Wildman–Crippen MR) is 58.6 cm³/mol. The Bertz CT molecular complexity index is 529. The number of rotatable bonds is 2. The lowest BCUT2D eigenvalue weighted by atomic mass is 10.2. The van der Waals surface area contributed by atoms with E-state index in [-0.39, 0.29) is 5.75 Å². The summed E-state index contributed by atoms with van der Waals surface area (Å²) in [5.41, 5.74) is 1.67. The molecule has 0 atom stereocenters. The molecule has 0 aliphatic carbocycles. The molecule has 3 heteroatoms. The van der Waals surface area contributed by atoms with Crippen LogP contribution in [-0.2, 0) is 6.42 Å². The maximum Gasteiger partial charge on any atom is 0.220 e. The highest BCUT2D eigenvalue weighted by Crippen LogP contribution is 2.18. The van der Waals surface area contributed by atoms with Gasteiger partial charge in [0.15, 0.2) is 0 Å². The van der Waals surface area contributed by atoms with E-state index >= 15 is 0 Å². The minimum Gasteiger partial charge on any atom is -0.508 e. The summed E-state index contributed by atoms with van der Waals surface area (Å²) in [6.07, 6.45) is 0.662. The van der Waals surface area contributed by atoms with Crippen LogP contribution < -0.4 is 0 Å². The molecule has 0 unspecified atom stereocenters. The van der Waals surface area contributed by atoms with Gasteiger partial charge < -0.3 is 9.95 Å². The van der Waals surface area contributed by atoms with E-state index in [0.29, 0.717) is 13.0 Å². The highest BCUT2D eigenvalue weighted by molar-refractivity contribution is 5.80. The molecule has 74 valence electrons. The molecule has 3 nitrogen and oxygen atoms in total. The van der Waals surface area contributed by atoms with Crippen molar-refractivity contribution in [3.8, 4) is 5.75 Å². The first-order valence-electron chi connectivity index (χ1n) is 4.71. The summed E-state index contributed by atoms with van der Waals surface area (Å²) in [5, 5.41) is 10.3. The van der Waals surface area contributed by atoms with Crippen LogP contribution in [0.4, 0.5) is 0 Å². The van der Waals surface area contributed by atoms with E-state index < -0.39 is 0 Å². The molecule has 0 spiro atoms. The van der Waals surface area contributed by atoms with E-state index in [2.05, 4.69) is 9.83 Å². The third-order valence-corrected chi connectivity index (χ3v) is 2.21. The molecule has 2 aromatic rings. The maximum atomic E-state index is 9.31. The molecule has 1 aromatic carbocycles. The number of aromatic hydroxyl groups is 1. The summed E-state index contributed by atoms with van der Waals surface area (Å²) in [6, 6.07) is 8.99. The molecule has 1 N–H and O–H groups in total. The molecule has 0 aliphatic rings. The van der Waals surface area contributed by atoms with Gasteiger partial charge in [-0.15, -0.1) is 0 Å². The lowest BCUT2D eigenvalue weighted by molar-refractivity contribution is 0.476. The van der Waals surface area contributed by atoms with Crippen LogP contribution in [0.5, 0.6) is 5.75 Å². The molecule has 0 fully saturated rings. The van der Waals surface area contributed by atoms with Gasteiger partial charge in [-0.1, -0.05) is 6.07 Å². The van der Waals surface area contributed by atoms with Gasteiger partial charge >= 0.3 is 0 Å². The molecule has 1 heterocycles. The summed E-state index contributed by atoms with van der Waals surface area (Å²) < 4.78 is 0. The molecule has 0 bridgehead atoms. The van der Waals surface area contributed by atoms with Crippen LogP contribution in [0.2, 0.25) is 0 Å². The Morgan fingerprint density at radius 3 is 2.87 bits per heavy atom. The zero-order valence-electron chi connectivity index (χ0n) is 8.14. The van der Waals surface area contributed by atoms with Crippen molar-refractivity contribution in [3.05, 3.63) is 47.4 Å². The summed E-state index contributed by atoms with van der Waals surface area (Å²) in [4.78, 5) is 7.66. The first-order chi connectivity index (χ1) is 7.29. The van der Waals surface area contributed by atoms with Crippen molar-refractivity contribution in [1.29, 1.82) is 0 Å². The Kier molecular flexibility index (Phi) is 2.51. The standard InChI is InChI=1S/C12H10N2O/c1-13-7-6-10-4-2-9-3-5-11(15)8-12(9)14-10/h2-5,8,15H,6-7H2. The Balaban J connectivity index is 2.41. The van der Waals surface area contributed by atoms with Crippen LogP contribution in [0.15, 0.2) is 30.3 Å². The van der Waals surface area contributed by atoms with Gasteiger partial charge in [0.2, 0.25) is 6.54 Å². The Morgan fingerprint density at radius 2 is 2.07 bits per heavy atom. The number of pyridine rings is 1. The van der Waals surface area contributed by atoms with Gasteiger partial charge in [-0.3, -0.25) is 4.98 Å². The lowest BCUT2D eigenvalue weighted by Crippen LogP contribution is -1.92.